The molecule has 2 aliphatic rings. The number of rotatable bonds is 10. The van der Waals surface area contributed by atoms with Crippen LogP contribution in [0.1, 0.15) is 57.9 Å². The lowest BCUT2D eigenvalue weighted by atomic mass is 9.75. The predicted octanol–water partition coefficient (Wildman–Crippen LogP) is 3.94. The molecular formula is C24H34O7. The SMILES string of the molecule is CCOC(=O)C[C@@]1(C)C[C@@H](OC2CCCCO2)[C@@H](OCc2ccccc2)[C@H]1CC(=O)O. The maximum Gasteiger partial charge on any atom is 0.306 e. The first-order valence-corrected chi connectivity index (χ1v) is 11.2. The number of carboxylic acid groups (broad SMARTS) is 1. The first kappa shape index (κ1) is 23.7. The Kier molecular flexibility index (Phi) is 8.46. The van der Waals surface area contributed by atoms with Crippen LogP contribution in [0.5, 0.6) is 0 Å². The topological polar surface area (TPSA) is 91.3 Å². The van der Waals surface area contributed by atoms with E-state index in [0.29, 0.717) is 26.2 Å². The van der Waals surface area contributed by atoms with Crippen LogP contribution in [0, 0.1) is 11.3 Å². The molecule has 2 fully saturated rings. The fourth-order valence-electron chi connectivity index (χ4n) is 4.81. The monoisotopic (exact) mass is 434 g/mol. The van der Waals surface area contributed by atoms with Crippen molar-refractivity contribution in [1.29, 1.82) is 0 Å². The fraction of sp³-hybridized carbons (Fsp3) is 0.667. The molecule has 1 saturated heterocycles. The lowest BCUT2D eigenvalue weighted by molar-refractivity contribution is -0.210. The van der Waals surface area contributed by atoms with Gasteiger partial charge in [0.2, 0.25) is 0 Å². The smallest absolute Gasteiger partial charge is 0.306 e. The van der Waals surface area contributed by atoms with E-state index in [4.69, 9.17) is 18.9 Å². The Morgan fingerprint density at radius 1 is 1.23 bits per heavy atom. The number of carbonyl (C=O) groups excluding carboxylic acids is 1. The predicted molar refractivity (Wildman–Crippen MR) is 113 cm³/mol. The number of benzene rings is 1. The van der Waals surface area contributed by atoms with Crippen LogP contribution in [0.25, 0.3) is 0 Å². The first-order chi connectivity index (χ1) is 14.9. The Hall–Kier alpha value is -1.96. The van der Waals surface area contributed by atoms with Gasteiger partial charge >= 0.3 is 11.9 Å². The number of carboxylic acids is 1. The van der Waals surface area contributed by atoms with Crippen molar-refractivity contribution in [1.82, 2.24) is 0 Å². The molecule has 7 heteroatoms. The van der Waals surface area contributed by atoms with Crippen molar-refractivity contribution < 1.29 is 33.6 Å². The van der Waals surface area contributed by atoms with Crippen LogP contribution in [0.3, 0.4) is 0 Å². The Morgan fingerprint density at radius 2 is 2.00 bits per heavy atom. The highest BCUT2D eigenvalue weighted by Gasteiger charge is 2.54. The third kappa shape index (κ3) is 6.51. The second-order valence-corrected chi connectivity index (χ2v) is 8.78. The van der Waals surface area contributed by atoms with Crippen molar-refractivity contribution in [2.45, 2.75) is 77.5 Å². The molecule has 0 radical (unpaired) electrons. The molecule has 5 atom stereocenters. The molecule has 3 rings (SSSR count). The minimum Gasteiger partial charge on any atom is -0.481 e. The largest absolute Gasteiger partial charge is 0.481 e. The van der Waals surface area contributed by atoms with Gasteiger partial charge < -0.3 is 24.1 Å². The molecule has 1 aliphatic carbocycles. The molecule has 1 aliphatic heterocycles. The highest BCUT2D eigenvalue weighted by molar-refractivity contribution is 5.71. The van der Waals surface area contributed by atoms with Crippen molar-refractivity contribution in [2.24, 2.45) is 11.3 Å². The van der Waals surface area contributed by atoms with Gasteiger partial charge in [-0.3, -0.25) is 9.59 Å². The van der Waals surface area contributed by atoms with Gasteiger partial charge in [0, 0.05) is 12.5 Å². The van der Waals surface area contributed by atoms with Crippen LogP contribution in [-0.2, 0) is 35.1 Å². The number of esters is 1. The minimum absolute atomic E-state index is 0.0965. The van der Waals surface area contributed by atoms with E-state index in [9.17, 15) is 14.7 Å². The number of aliphatic carboxylic acids is 1. The summed E-state index contributed by atoms with van der Waals surface area (Å²) in [7, 11) is 0. The number of hydrogen-bond donors (Lipinski definition) is 1. The third-order valence-electron chi connectivity index (χ3n) is 6.32. The molecule has 1 N–H and O–H groups in total. The van der Waals surface area contributed by atoms with Crippen LogP contribution in [-0.4, -0.2) is 48.8 Å². The summed E-state index contributed by atoms with van der Waals surface area (Å²) in [5, 5.41) is 9.62. The van der Waals surface area contributed by atoms with E-state index in [2.05, 4.69) is 0 Å². The molecule has 0 amide bonds. The van der Waals surface area contributed by atoms with Crippen LogP contribution < -0.4 is 0 Å². The fourth-order valence-corrected chi connectivity index (χ4v) is 4.81. The third-order valence-corrected chi connectivity index (χ3v) is 6.32. The zero-order chi connectivity index (χ0) is 22.3. The summed E-state index contributed by atoms with van der Waals surface area (Å²) in [6.07, 6.45) is 2.28. The van der Waals surface area contributed by atoms with Crippen LogP contribution in [0.15, 0.2) is 30.3 Å². The number of carbonyl (C=O) groups is 2. The Bertz CT molecular complexity index is 716. The molecule has 1 saturated carbocycles. The maximum atomic E-state index is 12.3. The summed E-state index contributed by atoms with van der Waals surface area (Å²) in [6, 6.07) is 9.76. The Labute approximate surface area is 184 Å². The summed E-state index contributed by atoms with van der Waals surface area (Å²) in [4.78, 5) is 24.1. The average Bonchev–Trinajstić information content (AvgIpc) is 2.98. The Balaban J connectivity index is 1.81. The summed E-state index contributed by atoms with van der Waals surface area (Å²) >= 11 is 0. The first-order valence-electron chi connectivity index (χ1n) is 11.2. The molecule has 0 bridgehead atoms. The average molecular weight is 435 g/mol. The minimum atomic E-state index is -0.914. The lowest BCUT2D eigenvalue weighted by Gasteiger charge is -2.32. The van der Waals surface area contributed by atoms with Crippen molar-refractivity contribution in [3.8, 4) is 0 Å². The van der Waals surface area contributed by atoms with Gasteiger partial charge in [-0.05, 0) is 43.6 Å². The number of hydrogen-bond acceptors (Lipinski definition) is 6. The summed E-state index contributed by atoms with van der Waals surface area (Å²) in [5.74, 6) is -1.62. The van der Waals surface area contributed by atoms with Crippen molar-refractivity contribution in [3.05, 3.63) is 35.9 Å². The second-order valence-electron chi connectivity index (χ2n) is 8.78. The van der Waals surface area contributed by atoms with Gasteiger partial charge in [-0.1, -0.05) is 37.3 Å². The molecule has 1 heterocycles. The molecule has 1 aromatic rings. The van der Waals surface area contributed by atoms with Gasteiger partial charge in [-0.15, -0.1) is 0 Å². The molecule has 1 unspecified atom stereocenters. The van der Waals surface area contributed by atoms with Crippen LogP contribution >= 0.6 is 0 Å². The zero-order valence-electron chi connectivity index (χ0n) is 18.5. The Morgan fingerprint density at radius 3 is 2.65 bits per heavy atom. The van der Waals surface area contributed by atoms with Crippen molar-refractivity contribution >= 4 is 11.9 Å². The van der Waals surface area contributed by atoms with E-state index < -0.39 is 17.5 Å². The van der Waals surface area contributed by atoms with Crippen LogP contribution in [0.4, 0.5) is 0 Å². The van der Waals surface area contributed by atoms with Gasteiger partial charge in [-0.2, -0.15) is 0 Å². The van der Waals surface area contributed by atoms with Crippen molar-refractivity contribution in [2.75, 3.05) is 13.2 Å². The van der Waals surface area contributed by atoms with Gasteiger partial charge in [0.25, 0.3) is 0 Å². The van der Waals surface area contributed by atoms with Gasteiger partial charge in [0.15, 0.2) is 6.29 Å². The van der Waals surface area contributed by atoms with Gasteiger partial charge in [0.1, 0.15) is 0 Å². The molecule has 31 heavy (non-hydrogen) atoms. The molecule has 7 nitrogen and oxygen atoms in total. The quantitative estimate of drug-likeness (QED) is 0.558. The summed E-state index contributed by atoms with van der Waals surface area (Å²) in [6.45, 7) is 5.01. The normalized spacial score (nSPS) is 30.8. The molecule has 0 spiro atoms. The van der Waals surface area contributed by atoms with Gasteiger partial charge in [0.05, 0.1) is 38.3 Å². The van der Waals surface area contributed by atoms with E-state index in [-0.39, 0.29) is 37.1 Å². The second kappa shape index (κ2) is 11.1. The van der Waals surface area contributed by atoms with E-state index in [1.807, 2.05) is 37.3 Å². The van der Waals surface area contributed by atoms with E-state index >= 15 is 0 Å². The van der Waals surface area contributed by atoms with E-state index in [1.54, 1.807) is 6.92 Å². The zero-order valence-corrected chi connectivity index (χ0v) is 18.5. The van der Waals surface area contributed by atoms with E-state index in [1.165, 1.54) is 0 Å². The molecule has 1 aromatic carbocycles. The highest BCUT2D eigenvalue weighted by Crippen LogP contribution is 2.50. The molecular weight excluding hydrogens is 400 g/mol. The summed E-state index contributed by atoms with van der Waals surface area (Å²) in [5.41, 5.74) is 0.397. The summed E-state index contributed by atoms with van der Waals surface area (Å²) < 4.78 is 23.6. The number of ether oxygens (including phenoxy) is 4. The van der Waals surface area contributed by atoms with E-state index in [0.717, 1.165) is 24.8 Å². The standard InChI is InChI=1S/C24H34O7/c1-3-28-21(27)15-24(2)14-19(31-22-11-7-8-12-29-22)23(18(24)13-20(25)26)30-16-17-9-5-4-6-10-17/h4-6,9-10,18-19,22-23H,3,7-8,11-16H2,1-2H3,(H,25,26)/t18-,19-,22?,23+,24-/m1/s1. The maximum absolute atomic E-state index is 12.3. The van der Waals surface area contributed by atoms with Gasteiger partial charge in [-0.25, -0.2) is 0 Å². The van der Waals surface area contributed by atoms with Crippen molar-refractivity contribution in [3.63, 3.8) is 0 Å². The molecule has 0 aromatic heterocycles. The lowest BCUT2D eigenvalue weighted by Crippen LogP contribution is -2.38. The highest BCUT2D eigenvalue weighted by atomic mass is 16.7. The molecule has 172 valence electrons. The van der Waals surface area contributed by atoms with Crippen LogP contribution in [0.2, 0.25) is 0 Å².